The molecule has 0 atom stereocenters. The van der Waals surface area contributed by atoms with Crippen LogP contribution >= 0.6 is 0 Å². The van der Waals surface area contributed by atoms with Crippen molar-refractivity contribution in [1.29, 1.82) is 0 Å². The van der Waals surface area contributed by atoms with Crippen LogP contribution in [0.25, 0.3) is 60.3 Å². The molecule has 7 rings (SSSR count). The molecule has 0 fully saturated rings. The molecular formula is C36H31N. The average molecular weight is 478 g/mol. The Labute approximate surface area is 218 Å². The molecule has 0 saturated heterocycles. The van der Waals surface area contributed by atoms with Gasteiger partial charge < -0.3 is 4.40 Å². The fourth-order valence-electron chi connectivity index (χ4n) is 6.15. The Kier molecular flexibility index (Phi) is 4.91. The van der Waals surface area contributed by atoms with Crippen LogP contribution in [-0.2, 0) is 0 Å². The molecule has 0 saturated carbocycles. The second-order valence-electron chi connectivity index (χ2n) is 11.0. The van der Waals surface area contributed by atoms with Gasteiger partial charge in [-0.1, -0.05) is 119 Å². The molecule has 0 bridgehead atoms. The van der Waals surface area contributed by atoms with Crippen molar-refractivity contribution in [2.75, 3.05) is 0 Å². The first-order valence-corrected chi connectivity index (χ1v) is 13.4. The standard InChI is InChI=1S/C36H31N/c1-22(2)24-14-18-26(19-15-24)28-8-6-12-32-34(28)30-10-5-11-31-35-29(9-7-13-33(35)37(32)36(30)31)27-20-16-25(17-21-27)23(3)4/h5-23H,1-4H3. The Bertz CT molecular complexity index is 1760. The van der Waals surface area contributed by atoms with E-state index in [-0.39, 0.29) is 0 Å². The maximum absolute atomic E-state index is 2.49. The van der Waals surface area contributed by atoms with Gasteiger partial charge >= 0.3 is 0 Å². The highest BCUT2D eigenvalue weighted by atomic mass is 14.9. The minimum absolute atomic E-state index is 0.534. The molecule has 0 radical (unpaired) electrons. The van der Waals surface area contributed by atoms with Gasteiger partial charge in [-0.25, -0.2) is 0 Å². The zero-order valence-corrected chi connectivity index (χ0v) is 21.9. The molecule has 0 unspecified atom stereocenters. The smallest absolute Gasteiger partial charge is 0.0620 e. The Morgan fingerprint density at radius 2 is 0.865 bits per heavy atom. The highest BCUT2D eigenvalue weighted by molar-refractivity contribution is 6.27. The van der Waals surface area contributed by atoms with Crippen LogP contribution in [0.5, 0.6) is 0 Å². The van der Waals surface area contributed by atoms with Crippen LogP contribution in [0.15, 0.2) is 103 Å². The maximum Gasteiger partial charge on any atom is 0.0620 e. The van der Waals surface area contributed by atoms with E-state index >= 15 is 0 Å². The summed E-state index contributed by atoms with van der Waals surface area (Å²) < 4.78 is 2.49. The van der Waals surface area contributed by atoms with Crippen molar-refractivity contribution in [3.8, 4) is 22.3 Å². The van der Waals surface area contributed by atoms with Crippen LogP contribution in [0, 0.1) is 0 Å². The third kappa shape index (κ3) is 3.23. The summed E-state index contributed by atoms with van der Waals surface area (Å²) in [5, 5.41) is 5.34. The van der Waals surface area contributed by atoms with Crippen LogP contribution in [-0.4, -0.2) is 4.40 Å². The fourth-order valence-corrected chi connectivity index (χ4v) is 6.15. The summed E-state index contributed by atoms with van der Waals surface area (Å²) in [7, 11) is 0. The zero-order valence-electron chi connectivity index (χ0n) is 21.9. The number of aromatic nitrogens is 1. The second kappa shape index (κ2) is 8.21. The monoisotopic (exact) mass is 477 g/mol. The molecule has 0 N–H and O–H groups in total. The van der Waals surface area contributed by atoms with E-state index in [2.05, 4.69) is 135 Å². The minimum atomic E-state index is 0.534. The van der Waals surface area contributed by atoms with Crippen LogP contribution in [0.1, 0.15) is 50.7 Å². The van der Waals surface area contributed by atoms with Crippen molar-refractivity contribution in [3.63, 3.8) is 0 Å². The van der Waals surface area contributed by atoms with E-state index in [0.29, 0.717) is 11.8 Å². The molecule has 5 aromatic carbocycles. The molecule has 0 aliphatic heterocycles. The quantitative estimate of drug-likeness (QED) is 0.237. The molecule has 37 heavy (non-hydrogen) atoms. The van der Waals surface area contributed by atoms with Gasteiger partial charge in [-0.15, -0.1) is 0 Å². The lowest BCUT2D eigenvalue weighted by Gasteiger charge is -2.10. The number of rotatable bonds is 4. The largest absolute Gasteiger partial charge is 0.308 e. The normalized spacial score (nSPS) is 12.3. The van der Waals surface area contributed by atoms with Gasteiger partial charge in [0.25, 0.3) is 0 Å². The number of nitrogens with zero attached hydrogens (tertiary/aromatic N) is 1. The molecule has 2 heterocycles. The van der Waals surface area contributed by atoms with Gasteiger partial charge in [-0.2, -0.15) is 0 Å². The summed E-state index contributed by atoms with van der Waals surface area (Å²) in [6.07, 6.45) is 0. The highest BCUT2D eigenvalue weighted by Crippen LogP contribution is 2.45. The van der Waals surface area contributed by atoms with E-state index < -0.39 is 0 Å². The van der Waals surface area contributed by atoms with Crippen molar-refractivity contribution in [2.24, 2.45) is 0 Å². The first-order chi connectivity index (χ1) is 18.0. The van der Waals surface area contributed by atoms with Crippen LogP contribution in [0.2, 0.25) is 0 Å². The lowest BCUT2D eigenvalue weighted by atomic mass is 9.94. The molecule has 2 aromatic heterocycles. The van der Waals surface area contributed by atoms with Gasteiger partial charge in [-0.3, -0.25) is 0 Å². The summed E-state index contributed by atoms with van der Waals surface area (Å²) in [6.45, 7) is 9.00. The molecule has 7 aromatic rings. The summed E-state index contributed by atoms with van der Waals surface area (Å²) in [6, 6.07) is 38.6. The first-order valence-electron chi connectivity index (χ1n) is 13.4. The Morgan fingerprint density at radius 3 is 1.27 bits per heavy atom. The van der Waals surface area contributed by atoms with Crippen LogP contribution < -0.4 is 0 Å². The van der Waals surface area contributed by atoms with E-state index in [9.17, 15) is 0 Å². The minimum Gasteiger partial charge on any atom is -0.308 e. The molecule has 0 aliphatic carbocycles. The topological polar surface area (TPSA) is 4.41 Å². The summed E-state index contributed by atoms with van der Waals surface area (Å²) >= 11 is 0. The van der Waals surface area contributed by atoms with E-state index in [1.54, 1.807) is 0 Å². The second-order valence-corrected chi connectivity index (χ2v) is 11.0. The average Bonchev–Trinajstić information content (AvgIpc) is 3.45. The molecule has 1 nitrogen and oxygen atoms in total. The zero-order chi connectivity index (χ0) is 25.3. The maximum atomic E-state index is 2.49. The third-order valence-electron chi connectivity index (χ3n) is 8.14. The Morgan fingerprint density at radius 1 is 0.459 bits per heavy atom. The predicted octanol–water partition coefficient (Wildman–Crippen LogP) is 10.4. The van der Waals surface area contributed by atoms with Crippen molar-refractivity contribution < 1.29 is 0 Å². The highest BCUT2D eigenvalue weighted by Gasteiger charge is 2.21. The van der Waals surface area contributed by atoms with Crippen LogP contribution in [0.4, 0.5) is 0 Å². The molecule has 1 heteroatoms. The van der Waals surface area contributed by atoms with E-state index in [4.69, 9.17) is 0 Å². The molecule has 0 aliphatic rings. The van der Waals surface area contributed by atoms with Gasteiger partial charge in [0.2, 0.25) is 0 Å². The van der Waals surface area contributed by atoms with Gasteiger partial charge in [0.15, 0.2) is 0 Å². The van der Waals surface area contributed by atoms with E-state index in [1.165, 1.54) is 71.5 Å². The Hall–Kier alpha value is -4.10. The molecular weight excluding hydrogens is 446 g/mol. The van der Waals surface area contributed by atoms with Gasteiger partial charge in [0.1, 0.15) is 0 Å². The number of benzene rings is 5. The number of para-hydroxylation sites is 1. The summed E-state index contributed by atoms with van der Waals surface area (Å²) in [4.78, 5) is 0. The molecule has 180 valence electrons. The Balaban J connectivity index is 1.53. The SMILES string of the molecule is CC(C)c1ccc(-c2cccc3c2c2cccc4c5c(-c6ccc(C(C)C)cc6)cccc5n3c24)cc1. The van der Waals surface area contributed by atoms with Gasteiger partial charge in [-0.05, 0) is 57.3 Å². The third-order valence-corrected chi connectivity index (χ3v) is 8.14. The first kappa shape index (κ1) is 22.1. The number of fused-ring (bicyclic) bond motifs is 6. The van der Waals surface area contributed by atoms with Crippen molar-refractivity contribution in [1.82, 2.24) is 4.40 Å². The van der Waals surface area contributed by atoms with Crippen molar-refractivity contribution in [3.05, 3.63) is 114 Å². The van der Waals surface area contributed by atoms with Gasteiger partial charge in [0.05, 0.1) is 16.6 Å². The summed E-state index contributed by atoms with van der Waals surface area (Å²) in [5.41, 5.74) is 11.8. The number of hydrogen-bond acceptors (Lipinski definition) is 0. The van der Waals surface area contributed by atoms with Gasteiger partial charge in [0, 0.05) is 21.5 Å². The predicted molar refractivity (Wildman–Crippen MR) is 160 cm³/mol. The van der Waals surface area contributed by atoms with E-state index in [0.717, 1.165) is 0 Å². The van der Waals surface area contributed by atoms with Crippen molar-refractivity contribution in [2.45, 2.75) is 39.5 Å². The molecule has 0 amide bonds. The van der Waals surface area contributed by atoms with E-state index in [1.807, 2.05) is 0 Å². The van der Waals surface area contributed by atoms with Crippen LogP contribution in [0.3, 0.4) is 0 Å². The summed E-state index contributed by atoms with van der Waals surface area (Å²) in [5.74, 6) is 1.07. The van der Waals surface area contributed by atoms with Crippen molar-refractivity contribution >= 4 is 38.1 Å². The fraction of sp³-hybridized carbons (Fsp3) is 0.167. The molecule has 0 spiro atoms. The number of hydrogen-bond donors (Lipinski definition) is 0. The lowest BCUT2D eigenvalue weighted by Crippen LogP contribution is -1.88. The lowest BCUT2D eigenvalue weighted by molar-refractivity contribution is 0.867.